The van der Waals surface area contributed by atoms with Crippen LogP contribution in [0.15, 0.2) is 40.3 Å². The summed E-state index contributed by atoms with van der Waals surface area (Å²) in [5.74, 6) is 1.96. The van der Waals surface area contributed by atoms with Gasteiger partial charge in [0, 0.05) is 5.38 Å². The van der Waals surface area contributed by atoms with Gasteiger partial charge in [0.25, 0.3) is 0 Å². The number of pyridine rings is 1. The number of piperidine rings is 1. The van der Waals surface area contributed by atoms with Gasteiger partial charge in [0.05, 0.1) is 30.2 Å². The molecular formula is C20H21N5OS. The maximum Gasteiger partial charge on any atom is 0.187 e. The maximum absolute atomic E-state index is 8.84. The molecule has 1 fully saturated rings. The van der Waals surface area contributed by atoms with E-state index in [2.05, 4.69) is 26.6 Å². The van der Waals surface area contributed by atoms with Crippen LogP contribution in [0.25, 0.3) is 0 Å². The summed E-state index contributed by atoms with van der Waals surface area (Å²) in [5.41, 5.74) is 2.35. The SMILES string of the molecule is Cc1ccc(CN2CCCC[C@H]2c2csc(Nc3ccc(C#N)nc3)n2)o1. The molecule has 1 N–H and O–H groups in total. The van der Waals surface area contributed by atoms with E-state index in [9.17, 15) is 0 Å². The number of hydrogen-bond donors (Lipinski definition) is 1. The number of aromatic nitrogens is 2. The monoisotopic (exact) mass is 379 g/mol. The Bertz CT molecular complexity index is 940. The van der Waals surface area contributed by atoms with Gasteiger partial charge in [0.2, 0.25) is 0 Å². The quantitative estimate of drug-likeness (QED) is 0.687. The molecule has 0 bridgehead atoms. The second kappa shape index (κ2) is 7.91. The highest BCUT2D eigenvalue weighted by Gasteiger charge is 2.26. The fourth-order valence-corrected chi connectivity index (χ4v) is 4.22. The highest BCUT2D eigenvalue weighted by molar-refractivity contribution is 7.13. The molecule has 0 saturated carbocycles. The lowest BCUT2D eigenvalue weighted by Gasteiger charge is -2.34. The summed E-state index contributed by atoms with van der Waals surface area (Å²) in [7, 11) is 0. The minimum atomic E-state index is 0.315. The molecule has 0 amide bonds. The van der Waals surface area contributed by atoms with Crippen LogP contribution in [0, 0.1) is 18.3 Å². The molecule has 1 saturated heterocycles. The zero-order valence-corrected chi connectivity index (χ0v) is 16.0. The van der Waals surface area contributed by atoms with Crippen LogP contribution in [0.4, 0.5) is 10.8 Å². The maximum atomic E-state index is 8.84. The van der Waals surface area contributed by atoms with E-state index in [1.807, 2.05) is 25.1 Å². The van der Waals surface area contributed by atoms with Crippen LogP contribution >= 0.6 is 11.3 Å². The second-order valence-corrected chi connectivity index (χ2v) is 7.60. The number of anilines is 2. The molecule has 27 heavy (non-hydrogen) atoms. The molecule has 4 heterocycles. The van der Waals surface area contributed by atoms with Crippen molar-refractivity contribution in [1.29, 1.82) is 5.26 Å². The first-order chi connectivity index (χ1) is 13.2. The van der Waals surface area contributed by atoms with Gasteiger partial charge in [0.1, 0.15) is 23.3 Å². The number of hydrogen-bond acceptors (Lipinski definition) is 7. The number of rotatable bonds is 5. The minimum Gasteiger partial charge on any atom is -0.465 e. The van der Waals surface area contributed by atoms with Crippen molar-refractivity contribution < 1.29 is 4.42 Å². The van der Waals surface area contributed by atoms with E-state index >= 15 is 0 Å². The highest BCUT2D eigenvalue weighted by Crippen LogP contribution is 2.34. The summed E-state index contributed by atoms with van der Waals surface area (Å²) in [6.07, 6.45) is 5.20. The van der Waals surface area contributed by atoms with Crippen molar-refractivity contribution in [3.8, 4) is 6.07 Å². The highest BCUT2D eigenvalue weighted by atomic mass is 32.1. The summed E-state index contributed by atoms with van der Waals surface area (Å²) in [4.78, 5) is 11.4. The number of thiazole rings is 1. The van der Waals surface area contributed by atoms with Crippen LogP contribution in [-0.4, -0.2) is 21.4 Å². The van der Waals surface area contributed by atoms with Crippen LogP contribution in [0.2, 0.25) is 0 Å². The van der Waals surface area contributed by atoms with Crippen molar-refractivity contribution in [3.63, 3.8) is 0 Å². The standard InChI is InChI=1S/C20H21N5OS/c1-14-5-8-17(26-14)12-25-9-3-2-4-19(25)18-13-27-20(24-18)23-16-7-6-15(10-21)22-11-16/h5-8,11,13,19H,2-4,9,12H2,1H3,(H,23,24)/t19-/m0/s1. The zero-order chi connectivity index (χ0) is 18.6. The summed E-state index contributed by atoms with van der Waals surface area (Å²) in [5, 5.41) is 15.1. The van der Waals surface area contributed by atoms with Gasteiger partial charge in [-0.3, -0.25) is 4.90 Å². The smallest absolute Gasteiger partial charge is 0.187 e. The van der Waals surface area contributed by atoms with Crippen LogP contribution in [-0.2, 0) is 6.54 Å². The molecular weight excluding hydrogens is 358 g/mol. The molecule has 0 aromatic carbocycles. The summed E-state index contributed by atoms with van der Waals surface area (Å²) < 4.78 is 5.77. The lowest BCUT2D eigenvalue weighted by Crippen LogP contribution is -2.33. The van der Waals surface area contributed by atoms with Gasteiger partial charge in [0.15, 0.2) is 5.13 Å². The molecule has 0 unspecified atom stereocenters. The Labute approximate surface area is 162 Å². The summed E-state index contributed by atoms with van der Waals surface area (Å²) >= 11 is 1.60. The van der Waals surface area contributed by atoms with Gasteiger partial charge in [-0.25, -0.2) is 9.97 Å². The van der Waals surface area contributed by atoms with Crippen molar-refractivity contribution in [2.75, 3.05) is 11.9 Å². The van der Waals surface area contributed by atoms with E-state index in [1.165, 1.54) is 12.8 Å². The van der Waals surface area contributed by atoms with Gasteiger partial charge >= 0.3 is 0 Å². The van der Waals surface area contributed by atoms with Gasteiger partial charge in [-0.2, -0.15) is 5.26 Å². The minimum absolute atomic E-state index is 0.315. The lowest BCUT2D eigenvalue weighted by molar-refractivity contribution is 0.127. The number of furan rings is 1. The van der Waals surface area contributed by atoms with E-state index in [0.29, 0.717) is 11.7 Å². The van der Waals surface area contributed by atoms with E-state index in [0.717, 1.165) is 47.5 Å². The Morgan fingerprint density at radius 2 is 2.26 bits per heavy atom. The molecule has 1 atom stereocenters. The average molecular weight is 379 g/mol. The summed E-state index contributed by atoms with van der Waals surface area (Å²) in [6.45, 7) is 3.86. The third kappa shape index (κ3) is 4.18. The van der Waals surface area contributed by atoms with Crippen molar-refractivity contribution in [1.82, 2.24) is 14.9 Å². The molecule has 0 spiro atoms. The fourth-order valence-electron chi connectivity index (χ4n) is 3.44. The topological polar surface area (TPSA) is 78.0 Å². The second-order valence-electron chi connectivity index (χ2n) is 6.74. The van der Waals surface area contributed by atoms with Crippen LogP contribution in [0.1, 0.15) is 48.2 Å². The normalized spacial score (nSPS) is 17.6. The largest absolute Gasteiger partial charge is 0.465 e. The number of nitrogens with zero attached hydrogens (tertiary/aromatic N) is 4. The van der Waals surface area contributed by atoms with E-state index in [1.54, 1.807) is 23.6 Å². The van der Waals surface area contributed by atoms with Crippen molar-refractivity contribution in [3.05, 3.63) is 58.8 Å². The third-order valence-electron chi connectivity index (χ3n) is 4.76. The molecule has 0 aliphatic carbocycles. The van der Waals surface area contributed by atoms with E-state index < -0.39 is 0 Å². The van der Waals surface area contributed by atoms with Gasteiger partial charge < -0.3 is 9.73 Å². The summed E-state index contributed by atoms with van der Waals surface area (Å²) in [6, 6.07) is 9.97. The molecule has 3 aromatic rings. The van der Waals surface area contributed by atoms with E-state index in [-0.39, 0.29) is 0 Å². The molecule has 138 valence electrons. The first-order valence-corrected chi connectivity index (χ1v) is 9.97. The van der Waals surface area contributed by atoms with Crippen molar-refractivity contribution >= 4 is 22.2 Å². The van der Waals surface area contributed by atoms with Gasteiger partial charge in [-0.05, 0) is 50.6 Å². The number of nitriles is 1. The molecule has 7 heteroatoms. The molecule has 1 aliphatic rings. The van der Waals surface area contributed by atoms with Gasteiger partial charge in [-0.1, -0.05) is 6.42 Å². The van der Waals surface area contributed by atoms with Crippen molar-refractivity contribution in [2.24, 2.45) is 0 Å². The van der Waals surface area contributed by atoms with E-state index in [4.69, 9.17) is 14.7 Å². The average Bonchev–Trinajstić information content (AvgIpc) is 3.32. The van der Waals surface area contributed by atoms with Crippen LogP contribution < -0.4 is 5.32 Å². The number of likely N-dealkylation sites (tertiary alicyclic amines) is 1. The Morgan fingerprint density at radius 1 is 1.33 bits per heavy atom. The first kappa shape index (κ1) is 17.7. The number of nitrogens with one attached hydrogen (secondary N) is 1. The predicted octanol–water partition coefficient (Wildman–Crippen LogP) is 4.78. The lowest BCUT2D eigenvalue weighted by atomic mass is 10.00. The molecule has 4 rings (SSSR count). The number of aryl methyl sites for hydroxylation is 1. The molecule has 0 radical (unpaired) electrons. The Hall–Kier alpha value is -2.69. The van der Waals surface area contributed by atoms with Crippen molar-refractivity contribution in [2.45, 2.75) is 38.8 Å². The van der Waals surface area contributed by atoms with Crippen LogP contribution in [0.5, 0.6) is 0 Å². The fraction of sp³-hybridized carbons (Fsp3) is 0.350. The van der Waals surface area contributed by atoms with Gasteiger partial charge in [-0.15, -0.1) is 11.3 Å². The Balaban J connectivity index is 1.47. The molecule has 3 aromatic heterocycles. The first-order valence-electron chi connectivity index (χ1n) is 9.09. The molecule has 1 aliphatic heterocycles. The molecule has 6 nitrogen and oxygen atoms in total. The van der Waals surface area contributed by atoms with Crippen LogP contribution in [0.3, 0.4) is 0 Å². The zero-order valence-electron chi connectivity index (χ0n) is 15.2. The third-order valence-corrected chi connectivity index (χ3v) is 5.54. The Morgan fingerprint density at radius 3 is 3.00 bits per heavy atom. The Kier molecular flexibility index (Phi) is 5.19. The predicted molar refractivity (Wildman–Crippen MR) is 105 cm³/mol.